The zero-order chi connectivity index (χ0) is 16.4. The van der Waals surface area contributed by atoms with Crippen molar-refractivity contribution >= 4 is 23.4 Å². The number of aromatic nitrogens is 1. The van der Waals surface area contributed by atoms with Crippen LogP contribution in [0.1, 0.15) is 27.3 Å². The maximum atomic E-state index is 13.0. The van der Waals surface area contributed by atoms with Crippen LogP contribution in [0.25, 0.3) is 0 Å². The number of fused-ring (bicyclic) bond motifs is 1. The lowest BCUT2D eigenvalue weighted by Crippen LogP contribution is -2.33. The number of pyridine rings is 1. The highest BCUT2D eigenvalue weighted by molar-refractivity contribution is 6.20. The van der Waals surface area contributed by atoms with Crippen molar-refractivity contribution in [3.05, 3.63) is 59.7 Å². The molecule has 0 unspecified atom stereocenters. The summed E-state index contributed by atoms with van der Waals surface area (Å²) in [5.41, 5.74) is 0.658. The van der Waals surface area contributed by atoms with Gasteiger partial charge in [0.05, 0.1) is 5.56 Å². The molecule has 1 aliphatic rings. The number of anilines is 1. The van der Waals surface area contributed by atoms with Gasteiger partial charge in [-0.15, -0.1) is 0 Å². The normalized spacial score (nSPS) is 13.2. The SMILES string of the molecule is O=C(CCN1C(=O)c2cccnc2C1=O)Nc1cccc(F)c1. The van der Waals surface area contributed by atoms with E-state index in [1.54, 1.807) is 12.1 Å². The van der Waals surface area contributed by atoms with Crippen LogP contribution in [0, 0.1) is 5.82 Å². The molecule has 0 radical (unpaired) electrons. The molecule has 0 aliphatic carbocycles. The standard InChI is InChI=1S/C16H12FN3O3/c17-10-3-1-4-11(9-10)19-13(21)6-8-20-15(22)12-5-2-7-18-14(12)16(20)23/h1-5,7,9H,6,8H2,(H,19,21). The van der Waals surface area contributed by atoms with Crippen molar-refractivity contribution in [3.8, 4) is 0 Å². The zero-order valence-electron chi connectivity index (χ0n) is 12.0. The molecule has 7 heteroatoms. The van der Waals surface area contributed by atoms with Crippen LogP contribution in [0.15, 0.2) is 42.6 Å². The molecule has 0 fully saturated rings. The number of hydrogen-bond acceptors (Lipinski definition) is 4. The molecule has 0 spiro atoms. The highest BCUT2D eigenvalue weighted by Crippen LogP contribution is 2.20. The smallest absolute Gasteiger partial charge is 0.280 e. The van der Waals surface area contributed by atoms with E-state index >= 15 is 0 Å². The fourth-order valence-corrected chi connectivity index (χ4v) is 2.32. The lowest BCUT2D eigenvalue weighted by molar-refractivity contribution is -0.116. The number of rotatable bonds is 4. The summed E-state index contributed by atoms with van der Waals surface area (Å²) >= 11 is 0. The minimum absolute atomic E-state index is 0.0603. The Balaban J connectivity index is 1.62. The van der Waals surface area contributed by atoms with Gasteiger partial charge in [-0.2, -0.15) is 0 Å². The van der Waals surface area contributed by atoms with E-state index in [9.17, 15) is 18.8 Å². The van der Waals surface area contributed by atoms with Gasteiger partial charge >= 0.3 is 0 Å². The van der Waals surface area contributed by atoms with Crippen molar-refractivity contribution in [1.29, 1.82) is 0 Å². The van der Waals surface area contributed by atoms with E-state index in [0.29, 0.717) is 5.69 Å². The average molecular weight is 313 g/mol. The first-order valence-corrected chi connectivity index (χ1v) is 6.93. The van der Waals surface area contributed by atoms with Crippen LogP contribution in [-0.2, 0) is 4.79 Å². The summed E-state index contributed by atoms with van der Waals surface area (Å²) in [6.45, 7) is -0.0603. The molecule has 3 amide bonds. The molecule has 0 atom stereocenters. The van der Waals surface area contributed by atoms with Crippen LogP contribution >= 0.6 is 0 Å². The summed E-state index contributed by atoms with van der Waals surface area (Å²) in [7, 11) is 0. The summed E-state index contributed by atoms with van der Waals surface area (Å²) in [5.74, 6) is -1.85. The Morgan fingerprint density at radius 2 is 2.00 bits per heavy atom. The van der Waals surface area contributed by atoms with E-state index < -0.39 is 23.5 Å². The second-order valence-electron chi connectivity index (χ2n) is 4.97. The van der Waals surface area contributed by atoms with Crippen molar-refractivity contribution in [3.63, 3.8) is 0 Å². The fraction of sp³-hybridized carbons (Fsp3) is 0.125. The topological polar surface area (TPSA) is 79.4 Å². The third kappa shape index (κ3) is 2.94. The Bertz CT molecular complexity index is 772. The maximum Gasteiger partial charge on any atom is 0.280 e. The van der Waals surface area contributed by atoms with E-state index in [0.717, 1.165) is 4.90 Å². The summed E-state index contributed by atoms with van der Waals surface area (Å²) < 4.78 is 13.0. The Morgan fingerprint density at radius 3 is 2.74 bits per heavy atom. The number of benzene rings is 1. The van der Waals surface area contributed by atoms with Gasteiger partial charge in [-0.1, -0.05) is 6.07 Å². The van der Waals surface area contributed by atoms with Gasteiger partial charge in [-0.3, -0.25) is 24.3 Å². The van der Waals surface area contributed by atoms with Gasteiger partial charge in [0, 0.05) is 24.8 Å². The molecule has 1 aromatic carbocycles. The van der Waals surface area contributed by atoms with Crippen LogP contribution < -0.4 is 5.32 Å². The highest BCUT2D eigenvalue weighted by atomic mass is 19.1. The summed E-state index contributed by atoms with van der Waals surface area (Å²) in [4.78, 5) is 40.9. The predicted molar refractivity (Wildman–Crippen MR) is 79.3 cm³/mol. The molecule has 2 aromatic rings. The van der Waals surface area contributed by atoms with E-state index in [1.165, 1.54) is 30.5 Å². The average Bonchev–Trinajstić information content (AvgIpc) is 2.77. The molecule has 3 rings (SSSR count). The minimum Gasteiger partial charge on any atom is -0.326 e. The van der Waals surface area contributed by atoms with Gasteiger partial charge in [-0.25, -0.2) is 4.39 Å². The number of carbonyl (C=O) groups excluding carboxylic acids is 3. The second-order valence-corrected chi connectivity index (χ2v) is 4.97. The molecule has 1 aromatic heterocycles. The highest BCUT2D eigenvalue weighted by Gasteiger charge is 2.36. The number of amides is 3. The third-order valence-corrected chi connectivity index (χ3v) is 3.40. The van der Waals surface area contributed by atoms with Crippen LogP contribution in [0.4, 0.5) is 10.1 Å². The Morgan fingerprint density at radius 1 is 1.17 bits per heavy atom. The minimum atomic E-state index is -0.510. The predicted octanol–water partition coefficient (Wildman–Crippen LogP) is 1.85. The number of carbonyl (C=O) groups is 3. The summed E-state index contributed by atoms with van der Waals surface area (Å²) in [6, 6.07) is 8.57. The van der Waals surface area contributed by atoms with Gasteiger partial charge in [0.2, 0.25) is 5.91 Å². The van der Waals surface area contributed by atoms with Gasteiger partial charge in [-0.05, 0) is 30.3 Å². The van der Waals surface area contributed by atoms with Gasteiger partial charge < -0.3 is 5.32 Å². The fourth-order valence-electron chi connectivity index (χ4n) is 2.32. The number of nitrogens with one attached hydrogen (secondary N) is 1. The van der Waals surface area contributed by atoms with E-state index in [-0.39, 0.29) is 24.2 Å². The Kier molecular flexibility index (Phi) is 3.84. The Labute approximate surface area is 130 Å². The number of nitrogens with zero attached hydrogens (tertiary/aromatic N) is 2. The largest absolute Gasteiger partial charge is 0.326 e. The number of halogens is 1. The van der Waals surface area contributed by atoms with E-state index in [1.807, 2.05) is 0 Å². The number of imide groups is 1. The number of hydrogen-bond donors (Lipinski definition) is 1. The maximum absolute atomic E-state index is 13.0. The van der Waals surface area contributed by atoms with E-state index in [2.05, 4.69) is 10.3 Å². The second kappa shape index (κ2) is 5.96. The molecule has 0 saturated heterocycles. The molecule has 2 heterocycles. The third-order valence-electron chi connectivity index (χ3n) is 3.40. The molecule has 1 aliphatic heterocycles. The van der Waals surface area contributed by atoms with Gasteiger partial charge in [0.15, 0.2) is 0 Å². The zero-order valence-corrected chi connectivity index (χ0v) is 12.0. The lowest BCUT2D eigenvalue weighted by atomic mass is 10.2. The molecule has 0 bridgehead atoms. The van der Waals surface area contributed by atoms with Crippen LogP contribution in [0.5, 0.6) is 0 Å². The van der Waals surface area contributed by atoms with Gasteiger partial charge in [0.1, 0.15) is 11.5 Å². The first kappa shape index (κ1) is 14.8. The summed E-state index contributed by atoms with van der Waals surface area (Å²) in [6.07, 6.45) is 1.35. The molecular weight excluding hydrogens is 301 g/mol. The van der Waals surface area contributed by atoms with Gasteiger partial charge in [0.25, 0.3) is 11.8 Å². The van der Waals surface area contributed by atoms with Crippen molar-refractivity contribution in [2.75, 3.05) is 11.9 Å². The molecular formula is C16H12FN3O3. The monoisotopic (exact) mass is 313 g/mol. The first-order valence-electron chi connectivity index (χ1n) is 6.93. The lowest BCUT2D eigenvalue weighted by Gasteiger charge is -2.13. The van der Waals surface area contributed by atoms with Crippen LogP contribution in [0.3, 0.4) is 0 Å². The Hall–Kier alpha value is -3.09. The van der Waals surface area contributed by atoms with Crippen molar-refractivity contribution < 1.29 is 18.8 Å². The molecule has 116 valence electrons. The molecule has 1 N–H and O–H groups in total. The molecule has 6 nitrogen and oxygen atoms in total. The summed E-state index contributed by atoms with van der Waals surface area (Å²) in [5, 5.41) is 2.51. The van der Waals surface area contributed by atoms with Crippen LogP contribution in [0.2, 0.25) is 0 Å². The van der Waals surface area contributed by atoms with Crippen molar-refractivity contribution in [1.82, 2.24) is 9.88 Å². The van der Waals surface area contributed by atoms with Crippen molar-refractivity contribution in [2.24, 2.45) is 0 Å². The quantitative estimate of drug-likeness (QED) is 0.874. The van der Waals surface area contributed by atoms with Crippen molar-refractivity contribution in [2.45, 2.75) is 6.42 Å². The molecule has 23 heavy (non-hydrogen) atoms. The first-order chi connectivity index (χ1) is 11.1. The van der Waals surface area contributed by atoms with E-state index in [4.69, 9.17) is 0 Å². The molecule has 0 saturated carbocycles. The van der Waals surface area contributed by atoms with Crippen LogP contribution in [-0.4, -0.2) is 34.2 Å².